The Hall–Kier alpha value is 0.430. The van der Waals surface area contributed by atoms with Crippen molar-refractivity contribution >= 4 is 7.26 Å². The molecule has 0 aliphatic heterocycles. The van der Waals surface area contributed by atoms with Gasteiger partial charge in [0.1, 0.15) is 0 Å². The van der Waals surface area contributed by atoms with Crippen molar-refractivity contribution in [2.75, 3.05) is 24.6 Å². The van der Waals surface area contributed by atoms with Gasteiger partial charge in [-0.3, -0.25) is 0 Å². The molecule has 0 spiro atoms. The molecule has 0 heterocycles. The first-order valence-electron chi connectivity index (χ1n) is 30.2. The summed E-state index contributed by atoms with van der Waals surface area (Å²) < 4.78 is 0. The van der Waals surface area contributed by atoms with Gasteiger partial charge in [0.25, 0.3) is 0 Å². The van der Waals surface area contributed by atoms with Gasteiger partial charge in [-0.05, 0) is 0 Å². The molecule has 0 rings (SSSR count). The van der Waals surface area contributed by atoms with Gasteiger partial charge in [0, 0.05) is 0 Å². The van der Waals surface area contributed by atoms with Crippen LogP contribution in [0, 0.1) is 0 Å². The van der Waals surface area contributed by atoms with Gasteiger partial charge in [-0.15, -0.1) is 0 Å². The van der Waals surface area contributed by atoms with Crippen LogP contribution in [0.1, 0.15) is 362 Å². The Morgan fingerprint density at radius 1 is 0.131 bits per heavy atom. The summed E-state index contributed by atoms with van der Waals surface area (Å²) in [6.45, 7) is 9.35. The van der Waals surface area contributed by atoms with Crippen molar-refractivity contribution < 1.29 is 0 Å². The van der Waals surface area contributed by atoms with Gasteiger partial charge < -0.3 is 0 Å². The van der Waals surface area contributed by atoms with Crippen LogP contribution in [0.4, 0.5) is 0 Å². The fraction of sp³-hybridized carbons (Fsp3) is 1.00. The predicted molar refractivity (Wildman–Crippen MR) is 291 cm³/mol. The van der Waals surface area contributed by atoms with Gasteiger partial charge in [0.2, 0.25) is 0 Å². The standard InChI is InChI=1S/C60H125P/c1-5-9-13-17-21-25-29-33-34-35-36-40-44-48-52-56-60-61(57-53-49-45-41-37-30-26-22-18-14-10-6-2,58-54-50-46-42-38-31-27-23-19-15-11-7-3)59-55-51-47-43-39-32-28-24-20-16-12-8-4/h61H,5-60H2,1-4H3. The summed E-state index contributed by atoms with van der Waals surface area (Å²) in [5.74, 6) is 0. The Labute approximate surface area is 391 Å². The first-order chi connectivity index (χ1) is 30.2. The smallest absolute Gasteiger partial charge is 0.0654 e. The van der Waals surface area contributed by atoms with Gasteiger partial charge in [-0.2, -0.15) is 0 Å². The second kappa shape index (κ2) is 54.8. The zero-order chi connectivity index (χ0) is 44.1. The molecule has 1 heteroatoms. The van der Waals surface area contributed by atoms with Crippen LogP contribution < -0.4 is 0 Å². The first-order valence-corrected chi connectivity index (χ1v) is 33.1. The molecule has 0 aliphatic carbocycles. The monoisotopic (exact) mass is 877 g/mol. The molecule has 0 bridgehead atoms. The molecule has 0 N–H and O–H groups in total. The number of hydrogen-bond acceptors (Lipinski definition) is 0. The van der Waals surface area contributed by atoms with Crippen molar-refractivity contribution in [3.63, 3.8) is 0 Å². The molecule has 0 aliphatic rings. The van der Waals surface area contributed by atoms with Crippen molar-refractivity contribution in [2.45, 2.75) is 362 Å². The Bertz CT molecular complexity index is 674. The van der Waals surface area contributed by atoms with Crippen LogP contribution in [0.2, 0.25) is 0 Å². The van der Waals surface area contributed by atoms with Crippen molar-refractivity contribution in [3.8, 4) is 0 Å². The van der Waals surface area contributed by atoms with E-state index in [1.807, 2.05) is 0 Å². The Morgan fingerprint density at radius 3 is 0.344 bits per heavy atom. The van der Waals surface area contributed by atoms with Crippen molar-refractivity contribution in [1.29, 1.82) is 0 Å². The maximum atomic E-state index is 2.34. The number of unbranched alkanes of at least 4 members (excludes halogenated alkanes) is 48. The average molecular weight is 878 g/mol. The third-order valence-corrected chi connectivity index (χ3v) is 20.9. The number of hydrogen-bond donors (Lipinski definition) is 0. The maximum absolute atomic E-state index is 2.34. The molecular weight excluding hydrogens is 752 g/mol. The summed E-state index contributed by atoms with van der Waals surface area (Å²) in [7, 11) is -1.19. The van der Waals surface area contributed by atoms with E-state index in [0.717, 1.165) is 0 Å². The summed E-state index contributed by atoms with van der Waals surface area (Å²) in [6.07, 6.45) is 84.5. The van der Waals surface area contributed by atoms with Gasteiger partial charge in [-0.1, -0.05) is 79.1 Å². The molecule has 0 nitrogen and oxygen atoms in total. The predicted octanol–water partition coefficient (Wildman–Crippen LogP) is 23.1. The van der Waals surface area contributed by atoms with Crippen LogP contribution in [0.25, 0.3) is 0 Å². The van der Waals surface area contributed by atoms with E-state index in [1.165, 1.54) is 283 Å². The Morgan fingerprint density at radius 2 is 0.230 bits per heavy atom. The molecule has 0 amide bonds. The third kappa shape index (κ3) is 49.7. The molecule has 0 aromatic rings. The Kier molecular flexibility index (Phi) is 55.1. The molecular formula is C60H125P. The van der Waals surface area contributed by atoms with E-state index >= 15 is 0 Å². The topological polar surface area (TPSA) is 0 Å². The second-order valence-corrected chi connectivity index (χ2v) is 26.5. The van der Waals surface area contributed by atoms with E-state index in [-0.39, 0.29) is 0 Å². The van der Waals surface area contributed by atoms with Crippen LogP contribution in [0.15, 0.2) is 0 Å². The van der Waals surface area contributed by atoms with E-state index in [4.69, 9.17) is 0 Å². The van der Waals surface area contributed by atoms with E-state index < -0.39 is 7.26 Å². The summed E-state index contributed by atoms with van der Waals surface area (Å²) in [4.78, 5) is 0. The summed E-state index contributed by atoms with van der Waals surface area (Å²) >= 11 is 0. The summed E-state index contributed by atoms with van der Waals surface area (Å²) in [6, 6.07) is 0. The molecule has 0 aromatic carbocycles. The van der Waals surface area contributed by atoms with E-state index in [9.17, 15) is 0 Å². The van der Waals surface area contributed by atoms with Crippen molar-refractivity contribution in [2.24, 2.45) is 0 Å². The van der Waals surface area contributed by atoms with Crippen molar-refractivity contribution in [3.05, 3.63) is 0 Å². The molecule has 0 fully saturated rings. The molecule has 0 saturated carbocycles. The molecule has 0 radical (unpaired) electrons. The van der Waals surface area contributed by atoms with Gasteiger partial charge >= 0.3 is 314 Å². The second-order valence-electron chi connectivity index (χ2n) is 21.5. The molecule has 0 aromatic heterocycles. The van der Waals surface area contributed by atoms with Gasteiger partial charge in [-0.25, -0.2) is 0 Å². The summed E-state index contributed by atoms with van der Waals surface area (Å²) in [5, 5.41) is 0. The minimum Gasteiger partial charge on any atom is -0.0654 e. The molecule has 370 valence electrons. The molecule has 0 atom stereocenters. The average Bonchev–Trinajstić information content (AvgIpc) is 3.27. The normalized spacial score (nSPS) is 12.3. The molecule has 0 saturated heterocycles. The number of rotatable bonds is 56. The van der Waals surface area contributed by atoms with E-state index in [1.54, 1.807) is 76.0 Å². The molecule has 0 unspecified atom stereocenters. The van der Waals surface area contributed by atoms with Gasteiger partial charge in [0.15, 0.2) is 0 Å². The van der Waals surface area contributed by atoms with E-state index in [2.05, 4.69) is 27.7 Å². The minimum absolute atomic E-state index is 1.19. The fourth-order valence-corrected chi connectivity index (χ4v) is 16.3. The van der Waals surface area contributed by atoms with Crippen LogP contribution in [-0.4, -0.2) is 24.6 Å². The van der Waals surface area contributed by atoms with Gasteiger partial charge in [0.05, 0.1) is 0 Å². The van der Waals surface area contributed by atoms with Crippen LogP contribution in [0.3, 0.4) is 0 Å². The first kappa shape index (κ1) is 61.4. The SMILES string of the molecule is CCCCCCCCCCCCCCCCCC[PH](CCCCCCCCCCCCCC)(CCCCCCCCCCCCCC)CCCCCCCCCCCCCC. The minimum atomic E-state index is -1.19. The summed E-state index contributed by atoms with van der Waals surface area (Å²) in [5.41, 5.74) is 0. The van der Waals surface area contributed by atoms with E-state index in [0.29, 0.717) is 0 Å². The zero-order valence-electron chi connectivity index (χ0n) is 44.1. The Balaban J connectivity index is 4.88. The quantitative estimate of drug-likeness (QED) is 0.0422. The fourth-order valence-electron chi connectivity index (χ4n) is 10.8. The van der Waals surface area contributed by atoms with Crippen LogP contribution >= 0.6 is 7.26 Å². The molecule has 61 heavy (non-hydrogen) atoms. The van der Waals surface area contributed by atoms with Crippen molar-refractivity contribution in [1.82, 2.24) is 0 Å². The van der Waals surface area contributed by atoms with Crippen LogP contribution in [0.5, 0.6) is 0 Å². The zero-order valence-corrected chi connectivity index (χ0v) is 45.1. The van der Waals surface area contributed by atoms with Crippen LogP contribution in [-0.2, 0) is 0 Å². The third-order valence-electron chi connectivity index (χ3n) is 15.2.